The maximum absolute atomic E-state index is 11.5. The van der Waals surface area contributed by atoms with Crippen LogP contribution in [0.4, 0.5) is 4.79 Å². The second-order valence-electron chi connectivity index (χ2n) is 5.55. The van der Waals surface area contributed by atoms with Crippen LogP contribution in [0.5, 0.6) is 0 Å². The second-order valence-corrected chi connectivity index (χ2v) is 7.20. The number of β-lactam (4-membered cyclic amide) rings is 1. The summed E-state index contributed by atoms with van der Waals surface area (Å²) in [6.45, 7) is 5.08. The molecule has 0 aromatic heterocycles. The minimum absolute atomic E-state index is 0.0592. The number of rotatable bonds is 5. The van der Waals surface area contributed by atoms with Crippen molar-refractivity contribution in [2.24, 2.45) is 0 Å². The number of hydrogen-bond acceptors (Lipinski definition) is 6. The zero-order valence-electron chi connectivity index (χ0n) is 11.9. The zero-order chi connectivity index (χ0) is 15.6. The molecule has 0 bridgehead atoms. The SMILES string of the molecule is CC(C)(C)OC(=O)NC1C(=O)NC1CCOS(C)(=O)=O. The Labute approximate surface area is 118 Å². The van der Waals surface area contributed by atoms with Crippen LogP contribution >= 0.6 is 0 Å². The lowest BCUT2D eigenvalue weighted by Crippen LogP contribution is -2.69. The maximum atomic E-state index is 11.5. The predicted molar refractivity (Wildman–Crippen MR) is 70.5 cm³/mol. The molecule has 1 saturated heterocycles. The first kappa shape index (κ1) is 16.7. The lowest BCUT2D eigenvalue weighted by Gasteiger charge is -2.37. The summed E-state index contributed by atoms with van der Waals surface area (Å²) >= 11 is 0. The molecule has 2 N–H and O–H groups in total. The third-order valence-corrected chi connectivity index (χ3v) is 3.01. The lowest BCUT2D eigenvalue weighted by atomic mass is 9.96. The fourth-order valence-corrected chi connectivity index (χ4v) is 2.01. The van der Waals surface area contributed by atoms with Gasteiger partial charge in [0.2, 0.25) is 5.91 Å². The van der Waals surface area contributed by atoms with Crippen LogP contribution in [0, 0.1) is 0 Å². The molecule has 0 spiro atoms. The summed E-state index contributed by atoms with van der Waals surface area (Å²) in [5.74, 6) is -0.333. The Morgan fingerprint density at radius 2 is 2.00 bits per heavy atom. The molecule has 1 aliphatic rings. The molecule has 1 rings (SSSR count). The summed E-state index contributed by atoms with van der Waals surface area (Å²) in [7, 11) is -3.51. The Morgan fingerprint density at radius 1 is 1.40 bits per heavy atom. The molecule has 2 amide bonds. The van der Waals surface area contributed by atoms with Crippen LogP contribution in [0.15, 0.2) is 0 Å². The van der Waals surface area contributed by atoms with Crippen molar-refractivity contribution in [2.45, 2.75) is 44.9 Å². The molecule has 0 aromatic rings. The van der Waals surface area contributed by atoms with Gasteiger partial charge in [-0.3, -0.25) is 8.98 Å². The monoisotopic (exact) mass is 308 g/mol. The van der Waals surface area contributed by atoms with E-state index in [2.05, 4.69) is 14.8 Å². The van der Waals surface area contributed by atoms with Crippen LogP contribution in [0.3, 0.4) is 0 Å². The maximum Gasteiger partial charge on any atom is 0.408 e. The van der Waals surface area contributed by atoms with Gasteiger partial charge in [0, 0.05) is 0 Å². The highest BCUT2D eigenvalue weighted by Crippen LogP contribution is 2.13. The third-order valence-electron chi connectivity index (χ3n) is 2.41. The average molecular weight is 308 g/mol. The molecule has 0 saturated carbocycles. The van der Waals surface area contributed by atoms with Gasteiger partial charge < -0.3 is 15.4 Å². The van der Waals surface area contributed by atoms with Gasteiger partial charge in [-0.15, -0.1) is 0 Å². The van der Waals surface area contributed by atoms with E-state index >= 15 is 0 Å². The standard InChI is InChI=1S/C11H20N2O6S/c1-11(2,3)19-10(15)13-8-7(12-9(8)14)5-6-18-20(4,16)17/h7-8H,5-6H2,1-4H3,(H,12,14)(H,13,15). The van der Waals surface area contributed by atoms with Crippen LogP contribution in [0.1, 0.15) is 27.2 Å². The van der Waals surface area contributed by atoms with E-state index < -0.39 is 27.9 Å². The smallest absolute Gasteiger partial charge is 0.408 e. The van der Waals surface area contributed by atoms with Gasteiger partial charge in [-0.2, -0.15) is 8.42 Å². The third kappa shape index (κ3) is 5.74. The van der Waals surface area contributed by atoms with Gasteiger partial charge >= 0.3 is 6.09 Å². The average Bonchev–Trinajstić information content (AvgIpc) is 2.21. The van der Waals surface area contributed by atoms with Crippen molar-refractivity contribution >= 4 is 22.1 Å². The molecule has 116 valence electrons. The van der Waals surface area contributed by atoms with Crippen molar-refractivity contribution in [1.29, 1.82) is 0 Å². The molecule has 0 radical (unpaired) electrons. The molecule has 1 heterocycles. The summed E-state index contributed by atoms with van der Waals surface area (Å²) in [5, 5.41) is 5.01. The topological polar surface area (TPSA) is 111 Å². The van der Waals surface area contributed by atoms with E-state index in [0.717, 1.165) is 6.26 Å². The van der Waals surface area contributed by atoms with Gasteiger partial charge in [0.1, 0.15) is 11.6 Å². The van der Waals surface area contributed by atoms with E-state index in [4.69, 9.17) is 4.74 Å². The summed E-state index contributed by atoms with van der Waals surface area (Å²) in [6.07, 6.45) is 0.536. The molecule has 1 fully saturated rings. The van der Waals surface area contributed by atoms with Crippen LogP contribution < -0.4 is 10.6 Å². The number of carbonyl (C=O) groups is 2. The zero-order valence-corrected chi connectivity index (χ0v) is 12.7. The highest BCUT2D eigenvalue weighted by atomic mass is 32.2. The lowest BCUT2D eigenvalue weighted by molar-refractivity contribution is -0.132. The van der Waals surface area contributed by atoms with Crippen LogP contribution in [0.25, 0.3) is 0 Å². The van der Waals surface area contributed by atoms with Gasteiger partial charge in [0.25, 0.3) is 10.1 Å². The van der Waals surface area contributed by atoms with E-state index in [1.165, 1.54) is 0 Å². The number of hydrogen-bond donors (Lipinski definition) is 2. The van der Waals surface area contributed by atoms with Crippen molar-refractivity contribution in [2.75, 3.05) is 12.9 Å². The second kappa shape index (κ2) is 5.96. The summed E-state index contributed by atoms with van der Waals surface area (Å²) < 4.78 is 31.2. The fraction of sp³-hybridized carbons (Fsp3) is 0.818. The van der Waals surface area contributed by atoms with E-state index in [0.29, 0.717) is 0 Å². The fourth-order valence-electron chi connectivity index (χ4n) is 1.61. The molecule has 8 nitrogen and oxygen atoms in total. The van der Waals surface area contributed by atoms with Crippen molar-refractivity contribution in [1.82, 2.24) is 10.6 Å². The Hall–Kier alpha value is -1.35. The van der Waals surface area contributed by atoms with E-state index in [9.17, 15) is 18.0 Å². The first-order valence-electron chi connectivity index (χ1n) is 6.12. The van der Waals surface area contributed by atoms with E-state index in [-0.39, 0.29) is 25.0 Å². The molecule has 1 aliphatic heterocycles. The van der Waals surface area contributed by atoms with Crippen molar-refractivity contribution in [3.8, 4) is 0 Å². The predicted octanol–water partition coefficient (Wildman–Crippen LogP) is -0.256. The van der Waals surface area contributed by atoms with Crippen molar-refractivity contribution in [3.05, 3.63) is 0 Å². The van der Waals surface area contributed by atoms with Gasteiger partial charge in [-0.25, -0.2) is 4.79 Å². The first-order valence-corrected chi connectivity index (χ1v) is 7.94. The van der Waals surface area contributed by atoms with Crippen LogP contribution in [-0.2, 0) is 23.8 Å². The largest absolute Gasteiger partial charge is 0.444 e. The number of nitrogens with one attached hydrogen (secondary N) is 2. The molecule has 0 aliphatic carbocycles. The summed E-state index contributed by atoms with van der Waals surface area (Å²) in [6, 6.07) is -1.09. The van der Waals surface area contributed by atoms with Crippen LogP contribution in [-0.4, -0.2) is 51.0 Å². The first-order chi connectivity index (χ1) is 8.98. The Bertz CT molecular complexity index is 482. The number of ether oxygens (including phenoxy) is 1. The Balaban J connectivity index is 2.40. The summed E-state index contributed by atoms with van der Waals surface area (Å²) in [4.78, 5) is 22.9. The molecule has 20 heavy (non-hydrogen) atoms. The van der Waals surface area contributed by atoms with Crippen LogP contribution in [0.2, 0.25) is 0 Å². The van der Waals surface area contributed by atoms with Crippen molar-refractivity contribution in [3.63, 3.8) is 0 Å². The highest BCUT2D eigenvalue weighted by Gasteiger charge is 2.40. The number of alkyl carbamates (subject to hydrolysis) is 1. The van der Waals surface area contributed by atoms with E-state index in [1.54, 1.807) is 20.8 Å². The van der Waals surface area contributed by atoms with E-state index in [1.807, 2.05) is 0 Å². The molecule has 2 unspecified atom stereocenters. The molecule has 0 aromatic carbocycles. The number of carbonyl (C=O) groups excluding carboxylic acids is 2. The quantitative estimate of drug-likeness (QED) is 0.535. The number of amides is 2. The summed E-state index contributed by atoms with van der Waals surface area (Å²) in [5.41, 5.74) is -0.654. The minimum Gasteiger partial charge on any atom is -0.444 e. The van der Waals surface area contributed by atoms with Gasteiger partial charge in [-0.1, -0.05) is 0 Å². The molecule has 2 atom stereocenters. The highest BCUT2D eigenvalue weighted by molar-refractivity contribution is 7.85. The Kier molecular flexibility index (Phi) is 4.98. The van der Waals surface area contributed by atoms with Crippen molar-refractivity contribution < 1.29 is 26.9 Å². The van der Waals surface area contributed by atoms with Gasteiger partial charge in [0.05, 0.1) is 18.9 Å². The molecular weight excluding hydrogens is 288 g/mol. The Morgan fingerprint density at radius 3 is 2.45 bits per heavy atom. The normalized spacial score (nSPS) is 22.7. The van der Waals surface area contributed by atoms with Gasteiger partial charge in [0.15, 0.2) is 0 Å². The van der Waals surface area contributed by atoms with Gasteiger partial charge in [-0.05, 0) is 27.2 Å². The molecular formula is C11H20N2O6S. The minimum atomic E-state index is -3.51. The molecule has 9 heteroatoms.